The van der Waals surface area contributed by atoms with Gasteiger partial charge in [0.25, 0.3) is 0 Å². The Balaban J connectivity index is 2.35. The van der Waals surface area contributed by atoms with E-state index in [2.05, 4.69) is 26.2 Å². The standard InChI is InChI=1S/C15H17BrN2O2/c1-9-6-15(17-8-11(9)16)18-12-7-14(20-4)13(19-3)5-10(12)2/h5-8H,1-4H3,(H,17,18). The number of nitrogens with one attached hydrogen (secondary N) is 1. The van der Waals surface area contributed by atoms with Gasteiger partial charge in [-0.2, -0.15) is 0 Å². The van der Waals surface area contributed by atoms with Crippen molar-refractivity contribution in [2.45, 2.75) is 13.8 Å². The highest BCUT2D eigenvalue weighted by Gasteiger charge is 2.09. The highest BCUT2D eigenvalue weighted by Crippen LogP contribution is 2.34. The first kappa shape index (κ1) is 14.7. The fourth-order valence-electron chi connectivity index (χ4n) is 1.86. The van der Waals surface area contributed by atoms with Crippen molar-refractivity contribution >= 4 is 27.4 Å². The van der Waals surface area contributed by atoms with E-state index in [1.807, 2.05) is 32.0 Å². The fraction of sp³-hybridized carbons (Fsp3) is 0.267. The lowest BCUT2D eigenvalue weighted by molar-refractivity contribution is 0.355. The zero-order valence-corrected chi connectivity index (χ0v) is 13.5. The van der Waals surface area contributed by atoms with E-state index >= 15 is 0 Å². The molecule has 0 bridgehead atoms. The number of rotatable bonds is 4. The second kappa shape index (κ2) is 6.13. The topological polar surface area (TPSA) is 43.4 Å². The summed E-state index contributed by atoms with van der Waals surface area (Å²) in [7, 11) is 3.25. The van der Waals surface area contributed by atoms with E-state index in [-0.39, 0.29) is 0 Å². The van der Waals surface area contributed by atoms with Crippen molar-refractivity contribution in [3.63, 3.8) is 0 Å². The highest BCUT2D eigenvalue weighted by molar-refractivity contribution is 9.10. The normalized spacial score (nSPS) is 10.2. The van der Waals surface area contributed by atoms with Gasteiger partial charge in [0.2, 0.25) is 0 Å². The Hall–Kier alpha value is -1.75. The molecule has 20 heavy (non-hydrogen) atoms. The summed E-state index contributed by atoms with van der Waals surface area (Å²) in [6.45, 7) is 4.04. The van der Waals surface area contributed by atoms with Crippen LogP contribution in [0.3, 0.4) is 0 Å². The predicted molar refractivity (Wildman–Crippen MR) is 84.2 cm³/mol. The van der Waals surface area contributed by atoms with Gasteiger partial charge in [-0.1, -0.05) is 0 Å². The molecule has 0 saturated carbocycles. The van der Waals surface area contributed by atoms with Gasteiger partial charge in [-0.15, -0.1) is 0 Å². The van der Waals surface area contributed by atoms with E-state index in [1.165, 1.54) is 0 Å². The molecule has 106 valence electrons. The van der Waals surface area contributed by atoms with Crippen LogP contribution in [-0.4, -0.2) is 19.2 Å². The van der Waals surface area contributed by atoms with Gasteiger partial charge >= 0.3 is 0 Å². The summed E-state index contributed by atoms with van der Waals surface area (Å²) in [6.07, 6.45) is 1.79. The molecule has 0 amide bonds. The van der Waals surface area contributed by atoms with Crippen molar-refractivity contribution in [3.05, 3.63) is 40.0 Å². The maximum Gasteiger partial charge on any atom is 0.162 e. The molecule has 5 heteroatoms. The van der Waals surface area contributed by atoms with Gasteiger partial charge in [0.05, 0.1) is 14.2 Å². The predicted octanol–water partition coefficient (Wildman–Crippen LogP) is 4.22. The molecule has 0 atom stereocenters. The molecule has 1 aromatic carbocycles. The number of pyridine rings is 1. The lowest BCUT2D eigenvalue weighted by atomic mass is 10.1. The molecule has 0 fully saturated rings. The van der Waals surface area contributed by atoms with Crippen molar-refractivity contribution < 1.29 is 9.47 Å². The molecule has 0 saturated heterocycles. The first-order valence-electron chi connectivity index (χ1n) is 6.17. The third-order valence-corrected chi connectivity index (χ3v) is 3.87. The van der Waals surface area contributed by atoms with Crippen molar-refractivity contribution in [2.75, 3.05) is 19.5 Å². The van der Waals surface area contributed by atoms with Crippen LogP contribution in [0.1, 0.15) is 11.1 Å². The van der Waals surface area contributed by atoms with E-state index in [0.29, 0.717) is 5.75 Å². The van der Waals surface area contributed by atoms with Gasteiger partial charge in [-0.3, -0.25) is 0 Å². The lowest BCUT2D eigenvalue weighted by Crippen LogP contribution is -1.99. The summed E-state index contributed by atoms with van der Waals surface area (Å²) < 4.78 is 11.6. The van der Waals surface area contributed by atoms with Gasteiger partial charge in [-0.05, 0) is 53.0 Å². The van der Waals surface area contributed by atoms with Crippen LogP contribution in [0.4, 0.5) is 11.5 Å². The van der Waals surface area contributed by atoms with Crippen LogP contribution in [0.5, 0.6) is 11.5 Å². The van der Waals surface area contributed by atoms with Crippen LogP contribution < -0.4 is 14.8 Å². The molecule has 1 aromatic heterocycles. The molecular formula is C15H17BrN2O2. The average molecular weight is 337 g/mol. The van der Waals surface area contributed by atoms with E-state index in [0.717, 1.165) is 32.9 Å². The van der Waals surface area contributed by atoms with Crippen LogP contribution in [0.2, 0.25) is 0 Å². The summed E-state index contributed by atoms with van der Waals surface area (Å²) in [6, 6.07) is 5.83. The first-order valence-corrected chi connectivity index (χ1v) is 6.96. The average Bonchev–Trinajstić information content (AvgIpc) is 2.44. The number of anilines is 2. The lowest BCUT2D eigenvalue weighted by Gasteiger charge is -2.14. The minimum absolute atomic E-state index is 0.689. The van der Waals surface area contributed by atoms with Gasteiger partial charge < -0.3 is 14.8 Å². The maximum atomic E-state index is 5.32. The summed E-state index contributed by atoms with van der Waals surface area (Å²) in [4.78, 5) is 4.34. The summed E-state index contributed by atoms with van der Waals surface area (Å²) >= 11 is 3.44. The Labute approximate surface area is 127 Å². The molecule has 0 unspecified atom stereocenters. The third kappa shape index (κ3) is 3.04. The molecule has 0 radical (unpaired) electrons. The van der Waals surface area contributed by atoms with Crippen LogP contribution in [0.25, 0.3) is 0 Å². The largest absolute Gasteiger partial charge is 0.493 e. The van der Waals surface area contributed by atoms with Crippen molar-refractivity contribution in [2.24, 2.45) is 0 Å². The zero-order chi connectivity index (χ0) is 14.7. The highest BCUT2D eigenvalue weighted by atomic mass is 79.9. The number of halogens is 1. The molecule has 1 N–H and O–H groups in total. The number of ether oxygens (including phenoxy) is 2. The van der Waals surface area contributed by atoms with Crippen LogP contribution in [0, 0.1) is 13.8 Å². The van der Waals surface area contributed by atoms with E-state index in [1.54, 1.807) is 20.4 Å². The quantitative estimate of drug-likeness (QED) is 0.907. The molecule has 2 aromatic rings. The molecule has 0 spiro atoms. The summed E-state index contributed by atoms with van der Waals surface area (Å²) in [5.41, 5.74) is 3.13. The Morgan fingerprint density at radius 2 is 1.65 bits per heavy atom. The SMILES string of the molecule is COc1cc(C)c(Nc2cc(C)c(Br)cn2)cc1OC. The third-order valence-electron chi connectivity index (χ3n) is 3.04. The van der Waals surface area contributed by atoms with Gasteiger partial charge in [-0.25, -0.2) is 4.98 Å². The Morgan fingerprint density at radius 3 is 2.25 bits per heavy atom. The molecule has 0 aliphatic rings. The van der Waals surface area contributed by atoms with E-state index < -0.39 is 0 Å². The Bertz CT molecular complexity index is 630. The van der Waals surface area contributed by atoms with Crippen LogP contribution >= 0.6 is 15.9 Å². The number of benzene rings is 1. The molecular weight excluding hydrogens is 320 g/mol. The van der Waals surface area contributed by atoms with Crippen LogP contribution in [-0.2, 0) is 0 Å². The minimum Gasteiger partial charge on any atom is -0.493 e. The summed E-state index contributed by atoms with van der Waals surface area (Å²) in [5.74, 6) is 2.20. The molecule has 4 nitrogen and oxygen atoms in total. The van der Waals surface area contributed by atoms with Gasteiger partial charge in [0.1, 0.15) is 5.82 Å². The second-order valence-electron chi connectivity index (χ2n) is 4.47. The minimum atomic E-state index is 0.689. The molecule has 0 aliphatic heterocycles. The number of nitrogens with zero attached hydrogens (tertiary/aromatic N) is 1. The van der Waals surface area contributed by atoms with Crippen molar-refractivity contribution in [1.82, 2.24) is 4.98 Å². The fourth-order valence-corrected chi connectivity index (χ4v) is 2.08. The molecule has 2 rings (SSSR count). The van der Waals surface area contributed by atoms with Crippen molar-refractivity contribution in [3.8, 4) is 11.5 Å². The zero-order valence-electron chi connectivity index (χ0n) is 12.0. The Kier molecular flexibility index (Phi) is 4.49. The molecule has 1 heterocycles. The number of aromatic nitrogens is 1. The number of hydrogen-bond donors (Lipinski definition) is 1. The molecule has 0 aliphatic carbocycles. The first-order chi connectivity index (χ1) is 9.55. The maximum absolute atomic E-state index is 5.32. The number of methoxy groups -OCH3 is 2. The monoisotopic (exact) mass is 336 g/mol. The smallest absolute Gasteiger partial charge is 0.162 e. The number of hydrogen-bond acceptors (Lipinski definition) is 4. The Morgan fingerprint density at radius 1 is 1.00 bits per heavy atom. The second-order valence-corrected chi connectivity index (χ2v) is 5.32. The van der Waals surface area contributed by atoms with Crippen molar-refractivity contribution in [1.29, 1.82) is 0 Å². The van der Waals surface area contributed by atoms with Gasteiger partial charge in [0.15, 0.2) is 11.5 Å². The summed E-state index contributed by atoms with van der Waals surface area (Å²) in [5, 5.41) is 3.30. The van der Waals surface area contributed by atoms with E-state index in [9.17, 15) is 0 Å². The van der Waals surface area contributed by atoms with E-state index in [4.69, 9.17) is 9.47 Å². The van der Waals surface area contributed by atoms with Gasteiger partial charge in [0, 0.05) is 22.4 Å². The number of aryl methyl sites for hydroxylation is 2. The van der Waals surface area contributed by atoms with Crippen LogP contribution in [0.15, 0.2) is 28.9 Å².